The molecule has 4 nitrogen and oxygen atoms in total. The monoisotopic (exact) mass is 370 g/mol. The van der Waals surface area contributed by atoms with Gasteiger partial charge in [0.15, 0.2) is 9.84 Å². The minimum atomic E-state index is -3.28. The van der Waals surface area contributed by atoms with Gasteiger partial charge in [-0.1, -0.05) is 17.7 Å². The first-order valence-corrected chi connectivity index (χ1v) is 9.98. The van der Waals surface area contributed by atoms with E-state index in [1.165, 1.54) is 6.26 Å². The van der Waals surface area contributed by atoms with Gasteiger partial charge in [0, 0.05) is 45.0 Å². The number of aryl methyl sites for hydroxylation is 1. The Bertz CT molecular complexity index is 1240. The number of rotatable bonds is 2. The van der Waals surface area contributed by atoms with Crippen molar-refractivity contribution in [1.82, 2.24) is 9.97 Å². The molecule has 0 amide bonds. The van der Waals surface area contributed by atoms with E-state index in [0.29, 0.717) is 9.92 Å². The zero-order valence-electron chi connectivity index (χ0n) is 13.7. The lowest BCUT2D eigenvalue weighted by atomic mass is 9.99. The van der Waals surface area contributed by atoms with Crippen molar-refractivity contribution >= 4 is 43.2 Å². The number of nitrogens with one attached hydrogen (secondary N) is 1. The first-order valence-electron chi connectivity index (χ1n) is 7.71. The number of H-pyrrole nitrogens is 1. The number of hydrogen-bond acceptors (Lipinski definition) is 3. The van der Waals surface area contributed by atoms with Gasteiger partial charge in [0.2, 0.25) is 0 Å². The van der Waals surface area contributed by atoms with Crippen LogP contribution in [0.3, 0.4) is 0 Å². The number of hydrogen-bond donors (Lipinski definition) is 1. The van der Waals surface area contributed by atoms with Crippen molar-refractivity contribution in [3.63, 3.8) is 0 Å². The molecule has 2 heterocycles. The van der Waals surface area contributed by atoms with Crippen LogP contribution in [-0.4, -0.2) is 24.6 Å². The lowest BCUT2D eigenvalue weighted by molar-refractivity contribution is 0.602. The van der Waals surface area contributed by atoms with Gasteiger partial charge in [0.1, 0.15) is 0 Å². The van der Waals surface area contributed by atoms with E-state index in [9.17, 15) is 8.42 Å². The van der Waals surface area contributed by atoms with E-state index in [2.05, 4.69) is 9.97 Å². The first kappa shape index (κ1) is 16.1. The van der Waals surface area contributed by atoms with Crippen molar-refractivity contribution in [1.29, 1.82) is 0 Å². The first-order chi connectivity index (χ1) is 11.8. The molecular weight excluding hydrogens is 356 g/mol. The molecule has 4 rings (SSSR count). The van der Waals surface area contributed by atoms with Crippen molar-refractivity contribution < 1.29 is 8.42 Å². The van der Waals surface area contributed by atoms with Gasteiger partial charge in [-0.3, -0.25) is 4.98 Å². The lowest BCUT2D eigenvalue weighted by Crippen LogP contribution is -1.96. The number of benzene rings is 2. The number of nitrogens with zero attached hydrogens (tertiary/aromatic N) is 1. The molecule has 0 spiro atoms. The lowest BCUT2D eigenvalue weighted by Gasteiger charge is -2.08. The molecule has 126 valence electrons. The van der Waals surface area contributed by atoms with Gasteiger partial charge in [0.05, 0.1) is 10.4 Å². The molecule has 0 aliphatic heterocycles. The molecule has 0 bridgehead atoms. The molecule has 0 saturated carbocycles. The molecule has 0 aliphatic rings. The number of aromatic amines is 1. The van der Waals surface area contributed by atoms with E-state index in [1.807, 2.05) is 37.3 Å². The van der Waals surface area contributed by atoms with Crippen molar-refractivity contribution in [2.45, 2.75) is 11.8 Å². The van der Waals surface area contributed by atoms with Gasteiger partial charge in [-0.05, 0) is 48.9 Å². The maximum absolute atomic E-state index is 11.9. The van der Waals surface area contributed by atoms with Crippen molar-refractivity contribution in [3.8, 4) is 11.1 Å². The second kappa shape index (κ2) is 5.58. The predicted octanol–water partition coefficient (Wildman–Crippen LogP) is 4.75. The molecule has 0 unspecified atom stereocenters. The molecule has 25 heavy (non-hydrogen) atoms. The number of pyridine rings is 1. The maximum Gasteiger partial charge on any atom is 0.175 e. The fourth-order valence-electron chi connectivity index (χ4n) is 3.22. The molecule has 0 atom stereocenters. The molecule has 0 saturated heterocycles. The van der Waals surface area contributed by atoms with E-state index < -0.39 is 9.84 Å². The maximum atomic E-state index is 11.9. The molecule has 0 aliphatic carbocycles. The average Bonchev–Trinajstić information content (AvgIpc) is 2.88. The summed E-state index contributed by atoms with van der Waals surface area (Å²) in [6.45, 7) is 1.98. The molecule has 1 N–H and O–H groups in total. The van der Waals surface area contributed by atoms with E-state index in [0.717, 1.165) is 38.6 Å². The Morgan fingerprint density at radius 2 is 1.84 bits per heavy atom. The molecule has 0 fully saturated rings. The van der Waals surface area contributed by atoms with Crippen molar-refractivity contribution in [2.75, 3.05) is 6.26 Å². The van der Waals surface area contributed by atoms with Gasteiger partial charge in [0.25, 0.3) is 0 Å². The zero-order valence-corrected chi connectivity index (χ0v) is 15.2. The highest BCUT2D eigenvalue weighted by atomic mass is 35.5. The Kier molecular flexibility index (Phi) is 3.60. The highest BCUT2D eigenvalue weighted by Gasteiger charge is 2.16. The fourth-order valence-corrected chi connectivity index (χ4v) is 4.04. The van der Waals surface area contributed by atoms with E-state index in [-0.39, 0.29) is 0 Å². The number of halogens is 1. The molecule has 2 aromatic carbocycles. The Labute approximate surface area is 150 Å². The van der Waals surface area contributed by atoms with Gasteiger partial charge in [-0.15, -0.1) is 0 Å². The van der Waals surface area contributed by atoms with E-state index in [4.69, 9.17) is 11.6 Å². The molecule has 2 aromatic heterocycles. The van der Waals surface area contributed by atoms with Crippen LogP contribution in [0.4, 0.5) is 0 Å². The SMILES string of the molecule is Cc1[nH]c2ccc(S(C)(=O)=O)cc2c1-c1ccnc2cc(Cl)ccc12. The van der Waals surface area contributed by atoms with Crippen LogP contribution in [0.5, 0.6) is 0 Å². The Morgan fingerprint density at radius 1 is 1.04 bits per heavy atom. The summed E-state index contributed by atoms with van der Waals surface area (Å²) in [4.78, 5) is 8.03. The van der Waals surface area contributed by atoms with Crippen LogP contribution in [0.1, 0.15) is 5.69 Å². The molecule has 0 radical (unpaired) electrons. The summed E-state index contributed by atoms with van der Waals surface area (Å²) < 4.78 is 23.9. The Hall–Kier alpha value is -2.37. The smallest absolute Gasteiger partial charge is 0.175 e. The van der Waals surface area contributed by atoms with Gasteiger partial charge in [-0.25, -0.2) is 8.42 Å². The van der Waals surface area contributed by atoms with E-state index >= 15 is 0 Å². The third-order valence-corrected chi connectivity index (χ3v) is 5.71. The van der Waals surface area contributed by atoms with Crippen LogP contribution >= 0.6 is 11.6 Å². The summed E-state index contributed by atoms with van der Waals surface area (Å²) >= 11 is 6.08. The summed E-state index contributed by atoms with van der Waals surface area (Å²) in [5.74, 6) is 0. The van der Waals surface area contributed by atoms with Crippen molar-refractivity contribution in [2.24, 2.45) is 0 Å². The summed E-state index contributed by atoms with van der Waals surface area (Å²) in [6, 6.07) is 12.7. The minimum Gasteiger partial charge on any atom is -0.358 e. The summed E-state index contributed by atoms with van der Waals surface area (Å²) in [7, 11) is -3.28. The normalized spacial score (nSPS) is 12.1. The summed E-state index contributed by atoms with van der Waals surface area (Å²) in [5, 5.41) is 2.48. The zero-order chi connectivity index (χ0) is 17.8. The second-order valence-electron chi connectivity index (χ2n) is 6.12. The van der Waals surface area contributed by atoms with Crippen LogP contribution in [0.2, 0.25) is 5.02 Å². The quantitative estimate of drug-likeness (QED) is 0.554. The van der Waals surface area contributed by atoms with Gasteiger partial charge < -0.3 is 4.98 Å². The standard InChI is InChI=1S/C19H15ClN2O2S/c1-11-19(15-7-8-21-18-9-12(20)3-5-14(15)18)16-10-13(25(2,23)24)4-6-17(16)22-11/h3-10,22H,1-2H3. The van der Waals surface area contributed by atoms with E-state index in [1.54, 1.807) is 18.3 Å². The van der Waals surface area contributed by atoms with Gasteiger partial charge >= 0.3 is 0 Å². The van der Waals surface area contributed by atoms with Crippen molar-refractivity contribution in [3.05, 3.63) is 59.4 Å². The van der Waals surface area contributed by atoms with Crippen LogP contribution < -0.4 is 0 Å². The number of aromatic nitrogens is 2. The highest BCUT2D eigenvalue weighted by molar-refractivity contribution is 7.90. The van der Waals surface area contributed by atoms with Crippen LogP contribution in [0, 0.1) is 6.92 Å². The van der Waals surface area contributed by atoms with Crippen LogP contribution in [0.15, 0.2) is 53.6 Å². The predicted molar refractivity (Wildman–Crippen MR) is 102 cm³/mol. The topological polar surface area (TPSA) is 62.8 Å². The Morgan fingerprint density at radius 3 is 2.60 bits per heavy atom. The van der Waals surface area contributed by atoms with Gasteiger partial charge in [-0.2, -0.15) is 0 Å². The average molecular weight is 371 g/mol. The molecule has 6 heteroatoms. The highest BCUT2D eigenvalue weighted by Crippen LogP contribution is 2.37. The Balaban J connectivity index is 2.09. The summed E-state index contributed by atoms with van der Waals surface area (Å²) in [5.41, 5.74) is 4.66. The molecule has 4 aromatic rings. The van der Waals surface area contributed by atoms with Crippen LogP contribution in [0.25, 0.3) is 32.9 Å². The van der Waals surface area contributed by atoms with Crippen LogP contribution in [-0.2, 0) is 9.84 Å². The molecular formula is C19H15ClN2O2S. The number of sulfone groups is 1. The summed E-state index contributed by atoms with van der Waals surface area (Å²) in [6.07, 6.45) is 2.96. The largest absolute Gasteiger partial charge is 0.358 e. The number of fused-ring (bicyclic) bond motifs is 2. The third-order valence-electron chi connectivity index (χ3n) is 4.36. The fraction of sp³-hybridized carbons (Fsp3) is 0.105. The third kappa shape index (κ3) is 2.69. The minimum absolute atomic E-state index is 0.307. The second-order valence-corrected chi connectivity index (χ2v) is 8.58.